The lowest BCUT2D eigenvalue weighted by atomic mass is 10.2. The summed E-state index contributed by atoms with van der Waals surface area (Å²) < 4.78 is 11.4. The van der Waals surface area contributed by atoms with Crippen LogP contribution in [0.3, 0.4) is 0 Å². The first-order valence-electron chi connectivity index (χ1n) is 6.84. The van der Waals surface area contributed by atoms with E-state index in [0.717, 1.165) is 25.9 Å². The highest BCUT2D eigenvalue weighted by Crippen LogP contribution is 2.21. The van der Waals surface area contributed by atoms with Gasteiger partial charge < -0.3 is 9.47 Å². The largest absolute Gasteiger partial charge is 0.492 e. The van der Waals surface area contributed by atoms with Gasteiger partial charge >= 0.3 is 0 Å². The molecule has 110 valence electrons. The molecule has 0 amide bonds. The number of morpholine rings is 1. The van der Waals surface area contributed by atoms with Crippen molar-refractivity contribution < 1.29 is 14.3 Å². The van der Waals surface area contributed by atoms with Gasteiger partial charge in [0.05, 0.1) is 17.8 Å². The van der Waals surface area contributed by atoms with Gasteiger partial charge in [-0.25, -0.2) is 0 Å². The predicted molar refractivity (Wildman–Crippen MR) is 78.8 cm³/mol. The van der Waals surface area contributed by atoms with Crippen molar-refractivity contribution in [1.29, 1.82) is 0 Å². The molecule has 0 unspecified atom stereocenters. The molecule has 0 radical (unpaired) electrons. The molecule has 1 aromatic carbocycles. The molecule has 0 aromatic heterocycles. The number of halogens is 1. The van der Waals surface area contributed by atoms with Gasteiger partial charge in [0.1, 0.15) is 12.4 Å². The number of benzene rings is 1. The van der Waals surface area contributed by atoms with Crippen LogP contribution < -0.4 is 4.74 Å². The molecular weight excluding hydrogens is 278 g/mol. The van der Waals surface area contributed by atoms with Crippen LogP contribution in [0.25, 0.3) is 0 Å². The van der Waals surface area contributed by atoms with E-state index in [0.29, 0.717) is 22.9 Å². The Hall–Kier alpha value is -1.10. The maximum atomic E-state index is 11.0. The Bertz CT molecular complexity index is 456. The second kappa shape index (κ2) is 7.07. The van der Waals surface area contributed by atoms with Crippen molar-refractivity contribution in [3.05, 3.63) is 28.8 Å². The van der Waals surface area contributed by atoms with E-state index >= 15 is 0 Å². The number of aldehydes is 1. The van der Waals surface area contributed by atoms with Crippen LogP contribution in [0.1, 0.15) is 24.2 Å². The topological polar surface area (TPSA) is 38.8 Å². The molecule has 0 saturated carbocycles. The zero-order chi connectivity index (χ0) is 14.5. The number of rotatable bonds is 5. The molecular formula is C15H20ClNO3. The number of carbonyl (C=O) groups excluding carboxylic acids is 1. The van der Waals surface area contributed by atoms with E-state index in [-0.39, 0.29) is 12.2 Å². The monoisotopic (exact) mass is 297 g/mol. The first-order valence-corrected chi connectivity index (χ1v) is 7.21. The Labute approximate surface area is 124 Å². The Balaban J connectivity index is 1.85. The summed E-state index contributed by atoms with van der Waals surface area (Å²) in [7, 11) is 0. The molecule has 1 aliphatic rings. The summed E-state index contributed by atoms with van der Waals surface area (Å²) >= 11 is 5.85. The van der Waals surface area contributed by atoms with E-state index in [2.05, 4.69) is 18.7 Å². The van der Waals surface area contributed by atoms with Crippen LogP contribution in [0.15, 0.2) is 18.2 Å². The van der Waals surface area contributed by atoms with Crippen molar-refractivity contribution in [2.75, 3.05) is 26.2 Å². The van der Waals surface area contributed by atoms with Crippen molar-refractivity contribution in [2.45, 2.75) is 26.1 Å². The van der Waals surface area contributed by atoms with Crippen LogP contribution >= 0.6 is 11.6 Å². The molecule has 4 nitrogen and oxygen atoms in total. The third-order valence-electron chi connectivity index (χ3n) is 3.26. The molecule has 2 atom stereocenters. The molecule has 0 bridgehead atoms. The van der Waals surface area contributed by atoms with Gasteiger partial charge in [0.2, 0.25) is 0 Å². The van der Waals surface area contributed by atoms with Crippen molar-refractivity contribution in [3.8, 4) is 5.75 Å². The third kappa shape index (κ3) is 4.20. The molecule has 2 rings (SSSR count). The molecule has 0 N–H and O–H groups in total. The van der Waals surface area contributed by atoms with Gasteiger partial charge in [0.15, 0.2) is 6.29 Å². The minimum atomic E-state index is 0.250. The molecule has 20 heavy (non-hydrogen) atoms. The maximum absolute atomic E-state index is 11.0. The second-order valence-electron chi connectivity index (χ2n) is 5.17. The fraction of sp³-hybridized carbons (Fsp3) is 0.533. The SMILES string of the molecule is C[C@@H]1CN(CCOc2ccc(Cl)cc2C=O)C[C@H](C)O1. The summed E-state index contributed by atoms with van der Waals surface area (Å²) in [5.74, 6) is 0.582. The minimum Gasteiger partial charge on any atom is -0.492 e. The molecule has 1 saturated heterocycles. The summed E-state index contributed by atoms with van der Waals surface area (Å²) in [4.78, 5) is 13.3. The predicted octanol–water partition coefficient (Wildman–Crippen LogP) is 2.64. The van der Waals surface area contributed by atoms with Crippen LogP contribution in [0, 0.1) is 0 Å². The highest BCUT2D eigenvalue weighted by Gasteiger charge is 2.21. The lowest BCUT2D eigenvalue weighted by Gasteiger charge is -2.35. The van der Waals surface area contributed by atoms with Gasteiger partial charge in [-0.05, 0) is 32.0 Å². The first kappa shape index (κ1) is 15.3. The van der Waals surface area contributed by atoms with Crippen LogP contribution in [0.4, 0.5) is 0 Å². The smallest absolute Gasteiger partial charge is 0.153 e. The number of nitrogens with zero attached hydrogens (tertiary/aromatic N) is 1. The summed E-state index contributed by atoms with van der Waals surface area (Å²) in [6, 6.07) is 5.07. The first-order chi connectivity index (χ1) is 9.58. The number of carbonyl (C=O) groups is 1. The third-order valence-corrected chi connectivity index (χ3v) is 3.49. The summed E-state index contributed by atoms with van der Waals surface area (Å²) in [6.07, 6.45) is 1.26. The summed E-state index contributed by atoms with van der Waals surface area (Å²) in [6.45, 7) is 7.34. The Kier molecular flexibility index (Phi) is 5.40. The molecule has 1 aliphatic heterocycles. The van der Waals surface area contributed by atoms with E-state index in [1.807, 2.05) is 0 Å². The van der Waals surface area contributed by atoms with Gasteiger partial charge in [-0.1, -0.05) is 11.6 Å². The highest BCUT2D eigenvalue weighted by molar-refractivity contribution is 6.30. The van der Waals surface area contributed by atoms with Crippen LogP contribution in [0.5, 0.6) is 5.75 Å². The number of ether oxygens (including phenoxy) is 2. The highest BCUT2D eigenvalue weighted by atomic mass is 35.5. The normalized spacial score (nSPS) is 23.6. The lowest BCUT2D eigenvalue weighted by Crippen LogP contribution is -2.46. The zero-order valence-corrected chi connectivity index (χ0v) is 12.6. The molecule has 0 aliphatic carbocycles. The second-order valence-corrected chi connectivity index (χ2v) is 5.60. The van der Waals surface area contributed by atoms with Gasteiger partial charge in [-0.3, -0.25) is 9.69 Å². The van der Waals surface area contributed by atoms with E-state index in [1.54, 1.807) is 18.2 Å². The maximum Gasteiger partial charge on any atom is 0.153 e. The standard InChI is InChI=1S/C15H20ClNO3/c1-11-8-17(9-12(2)20-11)5-6-19-15-4-3-14(16)7-13(15)10-18/h3-4,7,10-12H,5-6,8-9H2,1-2H3/t11-,12+. The fourth-order valence-electron chi connectivity index (χ4n) is 2.49. The van der Waals surface area contributed by atoms with Gasteiger partial charge in [-0.15, -0.1) is 0 Å². The molecule has 5 heteroatoms. The van der Waals surface area contributed by atoms with Crippen molar-refractivity contribution in [1.82, 2.24) is 4.90 Å². The Morgan fingerprint density at radius 3 is 2.75 bits per heavy atom. The summed E-state index contributed by atoms with van der Waals surface area (Å²) in [5.41, 5.74) is 0.487. The average molecular weight is 298 g/mol. The average Bonchev–Trinajstić information content (AvgIpc) is 2.39. The van der Waals surface area contributed by atoms with E-state index in [9.17, 15) is 4.79 Å². The van der Waals surface area contributed by atoms with E-state index < -0.39 is 0 Å². The zero-order valence-electron chi connectivity index (χ0n) is 11.8. The van der Waals surface area contributed by atoms with Crippen molar-refractivity contribution in [3.63, 3.8) is 0 Å². The minimum absolute atomic E-state index is 0.250. The van der Waals surface area contributed by atoms with E-state index in [4.69, 9.17) is 21.1 Å². The van der Waals surface area contributed by atoms with E-state index in [1.165, 1.54) is 0 Å². The Morgan fingerprint density at radius 1 is 1.40 bits per heavy atom. The number of hydrogen-bond donors (Lipinski definition) is 0. The fourth-order valence-corrected chi connectivity index (χ4v) is 2.68. The van der Waals surface area contributed by atoms with Crippen LogP contribution in [-0.4, -0.2) is 49.6 Å². The quantitative estimate of drug-likeness (QED) is 0.783. The Morgan fingerprint density at radius 2 is 2.10 bits per heavy atom. The van der Waals surface area contributed by atoms with Gasteiger partial charge in [-0.2, -0.15) is 0 Å². The van der Waals surface area contributed by atoms with Crippen molar-refractivity contribution in [2.24, 2.45) is 0 Å². The molecule has 1 heterocycles. The molecule has 1 fully saturated rings. The molecule has 1 aromatic rings. The number of hydrogen-bond acceptors (Lipinski definition) is 4. The lowest BCUT2D eigenvalue weighted by molar-refractivity contribution is -0.0699. The van der Waals surface area contributed by atoms with Crippen LogP contribution in [-0.2, 0) is 4.74 Å². The van der Waals surface area contributed by atoms with Gasteiger partial charge in [0, 0.05) is 24.7 Å². The van der Waals surface area contributed by atoms with Crippen LogP contribution in [0.2, 0.25) is 5.02 Å². The molecule has 0 spiro atoms. The van der Waals surface area contributed by atoms with Gasteiger partial charge in [0.25, 0.3) is 0 Å². The summed E-state index contributed by atoms with van der Waals surface area (Å²) in [5, 5.41) is 0.537. The van der Waals surface area contributed by atoms with Crippen molar-refractivity contribution >= 4 is 17.9 Å².